The van der Waals surface area contributed by atoms with E-state index < -0.39 is 24.1 Å². The lowest BCUT2D eigenvalue weighted by atomic mass is 10.1. The van der Waals surface area contributed by atoms with Gasteiger partial charge >= 0.3 is 11.9 Å². The number of ether oxygens (including phenoxy) is 1. The molecule has 1 N–H and O–H groups in total. The van der Waals surface area contributed by atoms with Crippen molar-refractivity contribution < 1.29 is 24.0 Å². The molecular formula is C12H15O5P. The summed E-state index contributed by atoms with van der Waals surface area (Å²) in [5.41, 5.74) is 0.517. The standard InChI is InChI=1S/C12H15O5P/c1-8(13)7-10(14)16-11(12(15)17-18)9-5-3-2-4-6-9/h2-6,8,11,13H,7,18H2,1H3/t8-,11+/m1/s1. The molecule has 1 unspecified atom stereocenters. The fourth-order valence-electron chi connectivity index (χ4n) is 1.36. The highest BCUT2D eigenvalue weighted by atomic mass is 31.0. The maximum atomic E-state index is 11.6. The van der Waals surface area contributed by atoms with Crippen LogP contribution in [0.3, 0.4) is 0 Å². The summed E-state index contributed by atoms with van der Waals surface area (Å²) in [5.74, 6) is -1.35. The SMILES string of the molecule is C[C@@H](O)CC(=O)O[C@H](C(=O)OP)c1ccccc1. The summed E-state index contributed by atoms with van der Waals surface area (Å²) in [6.45, 7) is 1.47. The second-order valence-electron chi connectivity index (χ2n) is 3.77. The summed E-state index contributed by atoms with van der Waals surface area (Å²) in [6.07, 6.45) is -2.11. The summed E-state index contributed by atoms with van der Waals surface area (Å²) in [6, 6.07) is 8.54. The van der Waals surface area contributed by atoms with Crippen LogP contribution >= 0.6 is 9.47 Å². The van der Waals surface area contributed by atoms with Gasteiger partial charge in [-0.15, -0.1) is 0 Å². The first-order valence-electron chi connectivity index (χ1n) is 5.37. The highest BCUT2D eigenvalue weighted by Crippen LogP contribution is 2.20. The Morgan fingerprint density at radius 2 is 1.94 bits per heavy atom. The maximum absolute atomic E-state index is 11.6. The molecule has 0 aliphatic heterocycles. The Balaban J connectivity index is 2.80. The molecule has 0 saturated carbocycles. The smallest absolute Gasteiger partial charge is 0.354 e. The number of esters is 1. The minimum atomic E-state index is -1.12. The minimum Gasteiger partial charge on any atom is -0.449 e. The van der Waals surface area contributed by atoms with E-state index in [4.69, 9.17) is 9.84 Å². The van der Waals surface area contributed by atoms with E-state index in [0.29, 0.717) is 5.56 Å². The molecule has 18 heavy (non-hydrogen) atoms. The summed E-state index contributed by atoms with van der Waals surface area (Å²) in [5, 5.41) is 9.08. The van der Waals surface area contributed by atoms with Crippen molar-refractivity contribution in [2.45, 2.75) is 25.6 Å². The van der Waals surface area contributed by atoms with Crippen LogP contribution in [0.1, 0.15) is 25.0 Å². The lowest BCUT2D eigenvalue weighted by molar-refractivity contribution is -0.163. The first kappa shape index (κ1) is 14.6. The van der Waals surface area contributed by atoms with Crippen molar-refractivity contribution in [3.63, 3.8) is 0 Å². The van der Waals surface area contributed by atoms with Gasteiger partial charge in [-0.3, -0.25) is 4.79 Å². The molecular weight excluding hydrogens is 255 g/mol. The Hall–Kier alpha value is -1.45. The van der Waals surface area contributed by atoms with Gasteiger partial charge in [0.1, 0.15) is 0 Å². The Morgan fingerprint density at radius 1 is 1.33 bits per heavy atom. The average Bonchev–Trinajstić information content (AvgIpc) is 2.35. The molecule has 0 fully saturated rings. The van der Waals surface area contributed by atoms with Gasteiger partial charge in [0, 0.05) is 5.56 Å². The second kappa shape index (κ2) is 7.09. The molecule has 0 aromatic heterocycles. The average molecular weight is 270 g/mol. The number of rotatable bonds is 5. The van der Waals surface area contributed by atoms with Crippen molar-refractivity contribution in [2.75, 3.05) is 0 Å². The zero-order valence-electron chi connectivity index (χ0n) is 9.91. The quantitative estimate of drug-likeness (QED) is 0.646. The third-order valence-electron chi connectivity index (χ3n) is 2.14. The van der Waals surface area contributed by atoms with Crippen LogP contribution in [0.4, 0.5) is 0 Å². The Labute approximate surface area is 107 Å². The van der Waals surface area contributed by atoms with Gasteiger partial charge < -0.3 is 14.4 Å². The fourth-order valence-corrected chi connectivity index (χ4v) is 1.49. The van der Waals surface area contributed by atoms with E-state index in [-0.39, 0.29) is 6.42 Å². The molecule has 3 atom stereocenters. The van der Waals surface area contributed by atoms with Gasteiger partial charge in [0.05, 0.1) is 22.0 Å². The Morgan fingerprint density at radius 3 is 2.44 bits per heavy atom. The van der Waals surface area contributed by atoms with Crippen molar-refractivity contribution in [2.24, 2.45) is 0 Å². The van der Waals surface area contributed by atoms with E-state index >= 15 is 0 Å². The largest absolute Gasteiger partial charge is 0.449 e. The number of carbonyl (C=O) groups excluding carboxylic acids is 2. The van der Waals surface area contributed by atoms with Gasteiger partial charge in [0.25, 0.3) is 0 Å². The molecule has 0 amide bonds. The number of aliphatic hydroxyl groups is 1. The summed E-state index contributed by atoms with van der Waals surface area (Å²) in [7, 11) is 1.82. The molecule has 0 bridgehead atoms. The van der Waals surface area contributed by atoms with Gasteiger partial charge in [-0.05, 0) is 6.92 Å². The minimum absolute atomic E-state index is 0.173. The number of aliphatic hydroxyl groups excluding tert-OH is 1. The number of hydrogen-bond donors (Lipinski definition) is 1. The van der Waals surface area contributed by atoms with E-state index in [0.717, 1.165) is 0 Å². The molecule has 0 aliphatic carbocycles. The zero-order chi connectivity index (χ0) is 13.5. The van der Waals surface area contributed by atoms with Crippen LogP contribution in [0.25, 0.3) is 0 Å². The van der Waals surface area contributed by atoms with Gasteiger partial charge in [-0.25, -0.2) is 4.79 Å². The predicted molar refractivity (Wildman–Crippen MR) is 67.4 cm³/mol. The van der Waals surface area contributed by atoms with Crippen LogP contribution < -0.4 is 0 Å². The molecule has 0 radical (unpaired) electrons. The van der Waals surface area contributed by atoms with Gasteiger partial charge in [-0.2, -0.15) is 0 Å². The molecule has 6 heteroatoms. The Kier molecular flexibility index (Phi) is 5.75. The van der Waals surface area contributed by atoms with Gasteiger partial charge in [0.2, 0.25) is 6.10 Å². The van der Waals surface area contributed by atoms with E-state index in [9.17, 15) is 9.59 Å². The first-order chi connectivity index (χ1) is 8.54. The van der Waals surface area contributed by atoms with Gasteiger partial charge in [0.15, 0.2) is 0 Å². The number of benzene rings is 1. The van der Waals surface area contributed by atoms with Crippen LogP contribution in [-0.2, 0) is 18.8 Å². The van der Waals surface area contributed by atoms with Crippen molar-refractivity contribution in [1.82, 2.24) is 0 Å². The van der Waals surface area contributed by atoms with Gasteiger partial charge in [-0.1, -0.05) is 30.3 Å². The first-order valence-corrected chi connectivity index (χ1v) is 5.84. The van der Waals surface area contributed by atoms with Crippen LogP contribution in [0, 0.1) is 0 Å². The molecule has 1 aromatic rings. The van der Waals surface area contributed by atoms with Crippen LogP contribution in [0.15, 0.2) is 30.3 Å². The van der Waals surface area contributed by atoms with Crippen LogP contribution in [-0.4, -0.2) is 23.1 Å². The lowest BCUT2D eigenvalue weighted by Crippen LogP contribution is -2.22. The topological polar surface area (TPSA) is 72.8 Å². The van der Waals surface area contributed by atoms with Crippen LogP contribution in [0.5, 0.6) is 0 Å². The third kappa shape index (κ3) is 4.43. The second-order valence-corrected chi connectivity index (χ2v) is 4.01. The molecule has 1 aromatic carbocycles. The molecule has 0 heterocycles. The maximum Gasteiger partial charge on any atom is 0.354 e. The number of hydrogen-bond acceptors (Lipinski definition) is 5. The monoisotopic (exact) mass is 270 g/mol. The van der Waals surface area contributed by atoms with Crippen molar-refractivity contribution >= 4 is 21.4 Å². The van der Waals surface area contributed by atoms with E-state index in [1.54, 1.807) is 30.3 Å². The highest BCUT2D eigenvalue weighted by Gasteiger charge is 2.26. The summed E-state index contributed by atoms with van der Waals surface area (Å²) in [4.78, 5) is 23.0. The molecule has 5 nitrogen and oxygen atoms in total. The molecule has 0 saturated heterocycles. The Bertz CT molecular complexity index is 404. The van der Waals surface area contributed by atoms with Crippen LogP contribution in [0.2, 0.25) is 0 Å². The predicted octanol–water partition coefficient (Wildman–Crippen LogP) is 1.38. The van der Waals surface area contributed by atoms with Crippen molar-refractivity contribution in [3.8, 4) is 0 Å². The molecule has 0 aliphatic rings. The molecule has 98 valence electrons. The third-order valence-corrected chi connectivity index (χ3v) is 2.38. The number of carbonyl (C=O) groups is 2. The van der Waals surface area contributed by atoms with E-state index in [1.165, 1.54) is 6.92 Å². The summed E-state index contributed by atoms with van der Waals surface area (Å²) >= 11 is 0. The fraction of sp³-hybridized carbons (Fsp3) is 0.333. The summed E-state index contributed by atoms with van der Waals surface area (Å²) < 4.78 is 9.52. The normalized spacial score (nSPS) is 13.5. The van der Waals surface area contributed by atoms with Crippen molar-refractivity contribution in [1.29, 1.82) is 0 Å². The van der Waals surface area contributed by atoms with E-state index in [2.05, 4.69) is 4.52 Å². The molecule has 1 rings (SSSR count). The lowest BCUT2D eigenvalue weighted by Gasteiger charge is -2.16. The highest BCUT2D eigenvalue weighted by molar-refractivity contribution is 7.10. The molecule has 0 spiro atoms. The zero-order valence-corrected chi connectivity index (χ0v) is 11.1. The van der Waals surface area contributed by atoms with Crippen molar-refractivity contribution in [3.05, 3.63) is 35.9 Å². The van der Waals surface area contributed by atoms with E-state index in [1.807, 2.05) is 9.47 Å².